The van der Waals surface area contributed by atoms with Gasteiger partial charge in [0.2, 0.25) is 0 Å². The molecule has 0 spiro atoms. The zero-order chi connectivity index (χ0) is 12.1. The highest BCUT2D eigenvalue weighted by Gasteiger charge is 2.09. The molecule has 0 aliphatic carbocycles. The summed E-state index contributed by atoms with van der Waals surface area (Å²) in [7, 11) is 0. The maximum Gasteiger partial charge on any atom is 0.109 e. The van der Waals surface area contributed by atoms with Gasteiger partial charge in [0.05, 0.1) is 11.7 Å². The Labute approximate surface area is 106 Å². The van der Waals surface area contributed by atoms with E-state index in [1.165, 1.54) is 4.88 Å². The van der Waals surface area contributed by atoms with E-state index in [9.17, 15) is 0 Å². The van der Waals surface area contributed by atoms with Gasteiger partial charge >= 0.3 is 0 Å². The fraction of sp³-hybridized carbons (Fsp3) is 0.385. The van der Waals surface area contributed by atoms with E-state index >= 15 is 0 Å². The number of aryl methyl sites for hydroxylation is 1. The van der Waals surface area contributed by atoms with Crippen LogP contribution in [0.15, 0.2) is 30.6 Å². The molecule has 0 aliphatic rings. The number of rotatable bonds is 5. The Kier molecular flexibility index (Phi) is 4.23. The van der Waals surface area contributed by atoms with E-state index in [1.54, 1.807) is 11.3 Å². The Hall–Kier alpha value is -1.26. The Morgan fingerprint density at radius 1 is 1.35 bits per heavy atom. The summed E-state index contributed by atoms with van der Waals surface area (Å²) in [5.41, 5.74) is 1.06. The van der Waals surface area contributed by atoms with Crippen LogP contribution in [0.4, 0.5) is 0 Å². The van der Waals surface area contributed by atoms with E-state index in [1.807, 2.05) is 30.6 Å². The van der Waals surface area contributed by atoms with Gasteiger partial charge in [0.15, 0.2) is 0 Å². The lowest BCUT2D eigenvalue weighted by atomic mass is 10.3. The molecule has 1 N–H and O–H groups in total. The Morgan fingerprint density at radius 2 is 2.24 bits per heavy atom. The van der Waals surface area contributed by atoms with Crippen LogP contribution in [0.25, 0.3) is 0 Å². The van der Waals surface area contributed by atoms with Crippen LogP contribution in [-0.4, -0.2) is 9.97 Å². The van der Waals surface area contributed by atoms with Crippen LogP contribution in [-0.2, 0) is 13.0 Å². The van der Waals surface area contributed by atoms with Crippen molar-refractivity contribution in [3.63, 3.8) is 0 Å². The monoisotopic (exact) mass is 247 g/mol. The number of hydrogen-bond donors (Lipinski definition) is 1. The summed E-state index contributed by atoms with van der Waals surface area (Å²) in [5.74, 6) is 0. The maximum absolute atomic E-state index is 4.43. The topological polar surface area (TPSA) is 37.8 Å². The number of aromatic nitrogens is 2. The van der Waals surface area contributed by atoms with E-state index in [0.29, 0.717) is 0 Å². The summed E-state index contributed by atoms with van der Waals surface area (Å²) >= 11 is 1.78. The molecule has 0 aromatic carbocycles. The first kappa shape index (κ1) is 12.2. The largest absolute Gasteiger partial charge is 0.302 e. The third-order valence-electron chi connectivity index (χ3n) is 2.61. The van der Waals surface area contributed by atoms with Crippen molar-refractivity contribution in [2.24, 2.45) is 0 Å². The molecule has 2 heterocycles. The van der Waals surface area contributed by atoms with E-state index < -0.39 is 0 Å². The minimum Gasteiger partial charge on any atom is -0.302 e. The molecule has 0 saturated carbocycles. The van der Waals surface area contributed by atoms with Gasteiger partial charge in [-0.3, -0.25) is 4.98 Å². The van der Waals surface area contributed by atoms with E-state index in [0.717, 1.165) is 23.7 Å². The molecular weight excluding hydrogens is 230 g/mol. The van der Waals surface area contributed by atoms with Crippen LogP contribution in [0.2, 0.25) is 0 Å². The number of hydrogen-bond acceptors (Lipinski definition) is 4. The molecule has 0 saturated heterocycles. The predicted molar refractivity (Wildman–Crippen MR) is 71.0 cm³/mol. The number of pyridine rings is 1. The lowest BCUT2D eigenvalue weighted by Crippen LogP contribution is -2.18. The van der Waals surface area contributed by atoms with Gasteiger partial charge in [-0.1, -0.05) is 13.0 Å². The van der Waals surface area contributed by atoms with Gasteiger partial charge in [-0.05, 0) is 25.5 Å². The minimum atomic E-state index is 0.280. The lowest BCUT2D eigenvalue weighted by molar-refractivity contribution is 0.565. The summed E-state index contributed by atoms with van der Waals surface area (Å²) < 4.78 is 0. The van der Waals surface area contributed by atoms with Gasteiger partial charge in [-0.25, -0.2) is 4.98 Å². The third-order valence-corrected chi connectivity index (χ3v) is 3.93. The average Bonchev–Trinajstić information content (AvgIpc) is 2.86. The summed E-state index contributed by atoms with van der Waals surface area (Å²) in [6.45, 7) is 5.08. The molecule has 1 atom stereocenters. The van der Waals surface area contributed by atoms with Crippen molar-refractivity contribution in [2.45, 2.75) is 32.9 Å². The molecule has 0 fully saturated rings. The van der Waals surface area contributed by atoms with Crippen molar-refractivity contribution in [3.8, 4) is 0 Å². The third kappa shape index (κ3) is 3.35. The fourth-order valence-corrected chi connectivity index (χ4v) is 2.42. The quantitative estimate of drug-likeness (QED) is 0.882. The van der Waals surface area contributed by atoms with Gasteiger partial charge < -0.3 is 5.32 Å². The summed E-state index contributed by atoms with van der Waals surface area (Å²) in [4.78, 5) is 10.1. The van der Waals surface area contributed by atoms with Gasteiger partial charge in [-0.15, -0.1) is 11.3 Å². The van der Waals surface area contributed by atoms with Gasteiger partial charge in [-0.2, -0.15) is 0 Å². The highest BCUT2D eigenvalue weighted by molar-refractivity contribution is 7.11. The molecule has 3 nitrogen and oxygen atoms in total. The molecule has 0 bridgehead atoms. The Balaban J connectivity index is 1.91. The van der Waals surface area contributed by atoms with Gasteiger partial charge in [0.1, 0.15) is 5.01 Å². The second kappa shape index (κ2) is 5.89. The van der Waals surface area contributed by atoms with E-state index in [-0.39, 0.29) is 6.04 Å². The van der Waals surface area contributed by atoms with E-state index in [4.69, 9.17) is 0 Å². The van der Waals surface area contributed by atoms with Crippen LogP contribution in [0, 0.1) is 0 Å². The first-order valence-corrected chi connectivity index (χ1v) is 6.69. The van der Waals surface area contributed by atoms with Crippen molar-refractivity contribution in [3.05, 3.63) is 46.2 Å². The predicted octanol–water partition coefficient (Wildman–Crippen LogP) is 2.95. The van der Waals surface area contributed by atoms with Crippen LogP contribution in [0.3, 0.4) is 0 Å². The highest BCUT2D eigenvalue weighted by Crippen LogP contribution is 2.20. The highest BCUT2D eigenvalue weighted by atomic mass is 32.1. The van der Waals surface area contributed by atoms with Crippen molar-refractivity contribution in [1.82, 2.24) is 15.3 Å². The molecular formula is C13H17N3S. The van der Waals surface area contributed by atoms with Gasteiger partial charge in [0.25, 0.3) is 0 Å². The molecule has 0 aliphatic heterocycles. The van der Waals surface area contributed by atoms with Crippen molar-refractivity contribution >= 4 is 11.3 Å². The molecule has 4 heteroatoms. The maximum atomic E-state index is 4.43. The first-order chi connectivity index (χ1) is 8.29. The molecule has 2 aromatic heterocycles. The first-order valence-electron chi connectivity index (χ1n) is 5.87. The molecule has 2 aromatic rings. The van der Waals surface area contributed by atoms with Crippen molar-refractivity contribution in [2.75, 3.05) is 0 Å². The molecule has 17 heavy (non-hydrogen) atoms. The molecule has 0 amide bonds. The smallest absolute Gasteiger partial charge is 0.109 e. The molecule has 0 radical (unpaired) electrons. The number of thiazole rings is 1. The van der Waals surface area contributed by atoms with E-state index in [2.05, 4.69) is 29.1 Å². The number of nitrogens with zero attached hydrogens (tertiary/aromatic N) is 2. The lowest BCUT2D eigenvalue weighted by Gasteiger charge is -2.10. The fourth-order valence-electron chi connectivity index (χ4n) is 1.53. The van der Waals surface area contributed by atoms with Gasteiger partial charge in [0, 0.05) is 23.8 Å². The van der Waals surface area contributed by atoms with Crippen molar-refractivity contribution in [1.29, 1.82) is 0 Å². The van der Waals surface area contributed by atoms with Crippen LogP contribution in [0.1, 0.15) is 35.5 Å². The SMILES string of the molecule is CCc1cnc(C(C)NCc2ccccn2)s1. The standard InChI is InChI=1S/C13H17N3S/c1-3-12-9-16-13(17-12)10(2)15-8-11-6-4-5-7-14-11/h4-7,9-10,15H,3,8H2,1-2H3. The number of nitrogens with one attached hydrogen (secondary N) is 1. The molecule has 1 unspecified atom stereocenters. The molecule has 90 valence electrons. The zero-order valence-electron chi connectivity index (χ0n) is 10.2. The summed E-state index contributed by atoms with van der Waals surface area (Å²) in [6, 6.07) is 6.25. The van der Waals surface area contributed by atoms with Crippen LogP contribution in [0.5, 0.6) is 0 Å². The summed E-state index contributed by atoms with van der Waals surface area (Å²) in [5, 5.41) is 4.59. The Morgan fingerprint density at radius 3 is 2.88 bits per heavy atom. The van der Waals surface area contributed by atoms with Crippen molar-refractivity contribution < 1.29 is 0 Å². The zero-order valence-corrected chi connectivity index (χ0v) is 11.0. The molecule has 2 rings (SSSR count). The normalized spacial score (nSPS) is 12.6. The second-order valence-corrected chi connectivity index (χ2v) is 5.09. The van der Waals surface area contributed by atoms with Crippen LogP contribution < -0.4 is 5.32 Å². The Bertz CT molecular complexity index is 453. The second-order valence-electron chi connectivity index (χ2n) is 3.94. The average molecular weight is 247 g/mol. The van der Waals surface area contributed by atoms with Crippen LogP contribution >= 0.6 is 11.3 Å². The minimum absolute atomic E-state index is 0.280. The summed E-state index contributed by atoms with van der Waals surface area (Å²) in [6.07, 6.45) is 4.85.